The van der Waals surface area contributed by atoms with E-state index in [0.29, 0.717) is 10.6 Å². The molecule has 140 valence electrons. The van der Waals surface area contributed by atoms with Gasteiger partial charge in [-0.15, -0.1) is 0 Å². The van der Waals surface area contributed by atoms with E-state index in [2.05, 4.69) is 5.32 Å². The van der Waals surface area contributed by atoms with E-state index in [9.17, 15) is 9.18 Å². The molecular weight excluding hydrogens is 361 g/mol. The van der Waals surface area contributed by atoms with Crippen molar-refractivity contribution in [2.45, 2.75) is 51.0 Å². The van der Waals surface area contributed by atoms with Crippen LogP contribution in [0.1, 0.15) is 44.1 Å². The van der Waals surface area contributed by atoms with Crippen LogP contribution in [0.3, 0.4) is 0 Å². The van der Waals surface area contributed by atoms with Gasteiger partial charge >= 0.3 is 0 Å². The van der Waals surface area contributed by atoms with Crippen LogP contribution in [-0.2, 0) is 11.2 Å². The molecule has 2 aliphatic rings. The van der Waals surface area contributed by atoms with Crippen LogP contribution in [0.15, 0.2) is 53.6 Å². The van der Waals surface area contributed by atoms with Crippen LogP contribution in [0, 0.1) is 5.82 Å². The highest BCUT2D eigenvalue weighted by Gasteiger charge is 2.29. The number of nitrogens with one attached hydrogen (secondary N) is 1. The van der Waals surface area contributed by atoms with E-state index >= 15 is 0 Å². The Kier molecular flexibility index (Phi) is 5.31. The van der Waals surface area contributed by atoms with Crippen molar-refractivity contribution in [2.24, 2.45) is 0 Å². The van der Waals surface area contributed by atoms with Crippen LogP contribution in [-0.4, -0.2) is 11.9 Å². The normalized spacial score (nSPS) is 20.1. The Morgan fingerprint density at radius 3 is 2.52 bits per heavy atom. The van der Waals surface area contributed by atoms with Crippen molar-refractivity contribution in [3.8, 4) is 11.1 Å². The fourth-order valence-electron chi connectivity index (χ4n) is 4.19. The summed E-state index contributed by atoms with van der Waals surface area (Å²) in [6.07, 6.45) is 7.46. The van der Waals surface area contributed by atoms with Gasteiger partial charge in [0.25, 0.3) is 0 Å². The Morgan fingerprint density at radius 2 is 1.78 bits per heavy atom. The summed E-state index contributed by atoms with van der Waals surface area (Å²) in [6.45, 7) is 0. The van der Waals surface area contributed by atoms with Crippen molar-refractivity contribution in [2.75, 3.05) is 0 Å². The van der Waals surface area contributed by atoms with Gasteiger partial charge in [0.2, 0.25) is 5.91 Å². The Balaban J connectivity index is 1.46. The van der Waals surface area contributed by atoms with E-state index < -0.39 is 0 Å². The van der Waals surface area contributed by atoms with E-state index in [-0.39, 0.29) is 17.8 Å². The molecule has 1 saturated heterocycles. The number of allylic oxidation sites excluding steroid dienone is 1. The summed E-state index contributed by atoms with van der Waals surface area (Å²) >= 11 is 5.99. The zero-order valence-corrected chi connectivity index (χ0v) is 16.0. The molecule has 1 atom stereocenters. The summed E-state index contributed by atoms with van der Waals surface area (Å²) in [6, 6.07) is 12.6. The van der Waals surface area contributed by atoms with Gasteiger partial charge in [0.05, 0.1) is 0 Å². The molecule has 2 aromatic carbocycles. The van der Waals surface area contributed by atoms with Gasteiger partial charge < -0.3 is 5.32 Å². The minimum Gasteiger partial charge on any atom is -0.349 e. The summed E-state index contributed by atoms with van der Waals surface area (Å²) < 4.78 is 14.0. The molecule has 1 saturated carbocycles. The first-order chi connectivity index (χ1) is 13.1. The number of benzene rings is 2. The van der Waals surface area contributed by atoms with Gasteiger partial charge in [-0.25, -0.2) is 4.39 Å². The number of carbonyl (C=O) groups excluding carboxylic acids is 1. The Labute approximate surface area is 164 Å². The predicted octanol–water partition coefficient (Wildman–Crippen LogP) is 5.84. The molecule has 2 fully saturated rings. The third-order valence-electron chi connectivity index (χ3n) is 5.62. The molecule has 0 radical (unpaired) electrons. The molecule has 1 amide bonds. The molecule has 4 rings (SSSR count). The maximum Gasteiger partial charge on any atom is 0.247 e. The highest BCUT2D eigenvalue weighted by Crippen LogP contribution is 2.31. The number of carbonyl (C=O) groups is 1. The maximum atomic E-state index is 14.0. The average Bonchev–Trinajstić information content (AvgIpc) is 3.05. The zero-order chi connectivity index (χ0) is 18.8. The van der Waals surface area contributed by atoms with Crippen LogP contribution in [0.25, 0.3) is 11.1 Å². The lowest BCUT2D eigenvalue weighted by Gasteiger charge is -2.15. The van der Waals surface area contributed by atoms with Gasteiger partial charge in [-0.3, -0.25) is 4.79 Å². The van der Waals surface area contributed by atoms with Crippen LogP contribution in [0.4, 0.5) is 4.39 Å². The van der Waals surface area contributed by atoms with Gasteiger partial charge in [0.15, 0.2) is 0 Å². The Bertz CT molecular complexity index is 880. The zero-order valence-electron chi connectivity index (χ0n) is 15.2. The molecular formula is C23H23ClFNO. The summed E-state index contributed by atoms with van der Waals surface area (Å²) in [5.41, 5.74) is 4.85. The lowest BCUT2D eigenvalue weighted by molar-refractivity contribution is -0.116. The van der Waals surface area contributed by atoms with Crippen molar-refractivity contribution >= 4 is 17.5 Å². The number of hydrogen-bond donors (Lipinski definition) is 1. The van der Waals surface area contributed by atoms with Crippen molar-refractivity contribution in [3.05, 3.63) is 70.0 Å². The smallest absolute Gasteiger partial charge is 0.247 e. The molecule has 2 aromatic rings. The Morgan fingerprint density at radius 1 is 1.04 bits per heavy atom. The van der Waals surface area contributed by atoms with Crippen LogP contribution < -0.4 is 5.32 Å². The number of halogens is 2. The largest absolute Gasteiger partial charge is 0.349 e. The summed E-state index contributed by atoms with van der Waals surface area (Å²) in [5.74, 6) is -0.159. The third-order valence-corrected chi connectivity index (χ3v) is 5.85. The minimum absolute atomic E-state index is 0.120. The standard InChI is InChI=1S/C23H23ClFNO/c24-18-10-11-22(25)20(13-18)17-8-6-15(7-9-17)12-19-14-21(23(27)26-19)16-4-2-1-3-5-16/h6-11,13,19H,1-5,12,14H2,(H,26,27)/t19-/m1/s1. The van der Waals surface area contributed by atoms with E-state index in [1.165, 1.54) is 30.9 Å². The van der Waals surface area contributed by atoms with Gasteiger partial charge in [0.1, 0.15) is 5.82 Å². The second kappa shape index (κ2) is 7.85. The molecule has 1 aliphatic carbocycles. The van der Waals surface area contributed by atoms with Gasteiger partial charge in [-0.1, -0.05) is 47.9 Å². The monoisotopic (exact) mass is 383 g/mol. The lowest BCUT2D eigenvalue weighted by atomic mass is 9.89. The molecule has 1 heterocycles. The highest BCUT2D eigenvalue weighted by molar-refractivity contribution is 6.30. The number of hydrogen-bond acceptors (Lipinski definition) is 1. The molecule has 2 nitrogen and oxygen atoms in total. The predicted molar refractivity (Wildman–Crippen MR) is 107 cm³/mol. The molecule has 0 unspecified atom stereocenters. The minimum atomic E-state index is -0.279. The summed E-state index contributed by atoms with van der Waals surface area (Å²) in [5, 5.41) is 3.66. The topological polar surface area (TPSA) is 29.1 Å². The van der Waals surface area contributed by atoms with Gasteiger partial charge in [0, 0.05) is 22.2 Å². The first kappa shape index (κ1) is 18.2. The van der Waals surface area contributed by atoms with E-state index in [0.717, 1.165) is 42.4 Å². The molecule has 4 heteroatoms. The summed E-state index contributed by atoms with van der Waals surface area (Å²) in [4.78, 5) is 12.4. The van der Waals surface area contributed by atoms with Gasteiger partial charge in [-0.2, -0.15) is 0 Å². The molecule has 1 aliphatic heterocycles. The van der Waals surface area contributed by atoms with Crippen LogP contribution in [0.5, 0.6) is 0 Å². The van der Waals surface area contributed by atoms with Crippen molar-refractivity contribution < 1.29 is 9.18 Å². The fourth-order valence-corrected chi connectivity index (χ4v) is 4.37. The van der Waals surface area contributed by atoms with Gasteiger partial charge in [-0.05, 0) is 67.9 Å². The average molecular weight is 384 g/mol. The molecule has 0 bridgehead atoms. The van der Waals surface area contributed by atoms with E-state index in [1.807, 2.05) is 24.3 Å². The lowest BCUT2D eigenvalue weighted by Crippen LogP contribution is -2.27. The maximum absolute atomic E-state index is 14.0. The quantitative estimate of drug-likeness (QED) is 0.663. The molecule has 0 spiro atoms. The van der Waals surface area contributed by atoms with Crippen molar-refractivity contribution in [1.29, 1.82) is 0 Å². The molecule has 1 N–H and O–H groups in total. The van der Waals surface area contributed by atoms with Crippen molar-refractivity contribution in [3.63, 3.8) is 0 Å². The van der Waals surface area contributed by atoms with Crippen molar-refractivity contribution in [1.82, 2.24) is 5.32 Å². The SMILES string of the molecule is O=C1N[C@H](Cc2ccc(-c3cc(Cl)ccc3F)cc2)CC1=C1CCCCC1. The van der Waals surface area contributed by atoms with E-state index in [4.69, 9.17) is 11.6 Å². The number of amides is 1. The Hall–Kier alpha value is -2.13. The molecule has 0 aromatic heterocycles. The second-order valence-corrected chi connectivity index (χ2v) is 7.98. The van der Waals surface area contributed by atoms with Crippen LogP contribution in [0.2, 0.25) is 5.02 Å². The molecule has 27 heavy (non-hydrogen) atoms. The first-order valence-electron chi connectivity index (χ1n) is 9.66. The van der Waals surface area contributed by atoms with E-state index in [1.54, 1.807) is 12.1 Å². The highest BCUT2D eigenvalue weighted by atomic mass is 35.5. The fraction of sp³-hybridized carbons (Fsp3) is 0.348. The van der Waals surface area contributed by atoms with Crippen LogP contribution >= 0.6 is 11.6 Å². The second-order valence-electron chi connectivity index (χ2n) is 7.54. The number of rotatable bonds is 3. The summed E-state index contributed by atoms with van der Waals surface area (Å²) in [7, 11) is 0. The first-order valence-corrected chi connectivity index (χ1v) is 10.0. The third kappa shape index (κ3) is 4.08.